The predicted octanol–water partition coefficient (Wildman–Crippen LogP) is 1.57. The Bertz CT molecular complexity index is 89.8. The molecule has 0 aliphatic heterocycles. The minimum Gasteiger partial charge on any atom is -0.319 e. The maximum atomic E-state index is 3.25. The molecule has 74 valence electrons. The molecule has 2 heteroatoms. The molecular formula is C10H24N2. The van der Waals surface area contributed by atoms with Crippen molar-refractivity contribution in [2.45, 2.75) is 27.2 Å². The molecule has 0 amide bonds. The predicted molar refractivity (Wildman–Crippen MR) is 55.5 cm³/mol. The fraction of sp³-hybridized carbons (Fsp3) is 1.00. The van der Waals surface area contributed by atoms with Crippen molar-refractivity contribution in [3.05, 3.63) is 0 Å². The molecule has 0 aromatic carbocycles. The first-order valence-corrected chi connectivity index (χ1v) is 5.15. The normalized spacial score (nSPS) is 13.8. The molecule has 0 aliphatic carbocycles. The summed E-state index contributed by atoms with van der Waals surface area (Å²) in [6.07, 6.45) is 1.28. The number of hydrogen-bond acceptors (Lipinski definition) is 2. The van der Waals surface area contributed by atoms with Crippen molar-refractivity contribution in [2.24, 2.45) is 5.92 Å². The van der Waals surface area contributed by atoms with E-state index in [1.54, 1.807) is 0 Å². The Labute approximate surface area is 77.3 Å². The van der Waals surface area contributed by atoms with Crippen molar-refractivity contribution in [1.29, 1.82) is 0 Å². The Kier molecular flexibility index (Phi) is 7.51. The summed E-state index contributed by atoms with van der Waals surface area (Å²) in [5.74, 6) is 0.815. The highest BCUT2D eigenvalue weighted by atomic mass is 15.1. The summed E-state index contributed by atoms with van der Waals surface area (Å²) >= 11 is 0. The van der Waals surface area contributed by atoms with Crippen LogP contribution in [0.4, 0.5) is 0 Å². The van der Waals surface area contributed by atoms with Gasteiger partial charge in [0.1, 0.15) is 0 Å². The third-order valence-electron chi connectivity index (χ3n) is 2.48. The monoisotopic (exact) mass is 172 g/mol. The maximum Gasteiger partial charge on any atom is 0.00215 e. The van der Waals surface area contributed by atoms with Gasteiger partial charge in [-0.25, -0.2) is 0 Å². The summed E-state index contributed by atoms with van der Waals surface area (Å²) in [5.41, 5.74) is 0. The topological polar surface area (TPSA) is 15.3 Å². The molecule has 0 spiro atoms. The lowest BCUT2D eigenvalue weighted by Crippen LogP contribution is -2.33. The van der Waals surface area contributed by atoms with Gasteiger partial charge < -0.3 is 10.2 Å². The fourth-order valence-electron chi connectivity index (χ4n) is 1.47. The van der Waals surface area contributed by atoms with Crippen LogP contribution in [0.5, 0.6) is 0 Å². The van der Waals surface area contributed by atoms with E-state index in [0.29, 0.717) is 0 Å². The van der Waals surface area contributed by atoms with E-state index in [4.69, 9.17) is 0 Å². The van der Waals surface area contributed by atoms with E-state index in [9.17, 15) is 0 Å². The molecule has 1 N–H and O–H groups in total. The van der Waals surface area contributed by atoms with Gasteiger partial charge in [0.05, 0.1) is 0 Å². The van der Waals surface area contributed by atoms with Gasteiger partial charge in [-0.2, -0.15) is 0 Å². The van der Waals surface area contributed by atoms with Crippen LogP contribution in [0.3, 0.4) is 0 Å². The summed E-state index contributed by atoms with van der Waals surface area (Å²) in [6, 6.07) is 0. The number of hydrogen-bond donors (Lipinski definition) is 1. The van der Waals surface area contributed by atoms with Crippen molar-refractivity contribution in [3.63, 3.8) is 0 Å². The van der Waals surface area contributed by atoms with Crippen LogP contribution in [0.15, 0.2) is 0 Å². The summed E-state index contributed by atoms with van der Waals surface area (Å²) in [7, 11) is 2.03. The number of nitrogens with zero attached hydrogens (tertiary/aromatic N) is 1. The summed E-state index contributed by atoms with van der Waals surface area (Å²) in [6.45, 7) is 11.5. The van der Waals surface area contributed by atoms with Crippen LogP contribution in [-0.2, 0) is 0 Å². The average molecular weight is 172 g/mol. The van der Waals surface area contributed by atoms with Gasteiger partial charge in [0.25, 0.3) is 0 Å². The minimum atomic E-state index is 0.815. The number of rotatable bonds is 7. The van der Waals surface area contributed by atoms with Gasteiger partial charge in [-0.1, -0.05) is 27.2 Å². The second kappa shape index (κ2) is 7.56. The van der Waals surface area contributed by atoms with E-state index >= 15 is 0 Å². The number of nitrogens with one attached hydrogen (secondary N) is 1. The summed E-state index contributed by atoms with van der Waals surface area (Å²) in [5, 5.41) is 3.25. The van der Waals surface area contributed by atoms with E-state index < -0.39 is 0 Å². The maximum absolute atomic E-state index is 3.25. The molecule has 0 radical (unpaired) electrons. The lowest BCUT2D eigenvalue weighted by atomic mass is 10.1. The molecule has 0 saturated carbocycles. The quantitative estimate of drug-likeness (QED) is 0.627. The summed E-state index contributed by atoms with van der Waals surface area (Å²) in [4.78, 5) is 2.49. The average Bonchev–Trinajstić information content (AvgIpc) is 2.12. The molecule has 12 heavy (non-hydrogen) atoms. The molecule has 0 bridgehead atoms. The molecule has 0 aromatic rings. The first-order chi connectivity index (χ1) is 5.78. The van der Waals surface area contributed by atoms with E-state index in [-0.39, 0.29) is 0 Å². The zero-order valence-corrected chi connectivity index (χ0v) is 9.06. The highest BCUT2D eigenvalue weighted by Crippen LogP contribution is 2.03. The van der Waals surface area contributed by atoms with Gasteiger partial charge in [0.15, 0.2) is 0 Å². The second-order valence-corrected chi connectivity index (χ2v) is 3.32. The lowest BCUT2D eigenvalue weighted by molar-refractivity contribution is 0.246. The van der Waals surface area contributed by atoms with Gasteiger partial charge in [-0.05, 0) is 32.6 Å². The Morgan fingerprint density at radius 3 is 2.08 bits per heavy atom. The van der Waals surface area contributed by atoms with Gasteiger partial charge >= 0.3 is 0 Å². The zero-order chi connectivity index (χ0) is 9.40. The van der Waals surface area contributed by atoms with Crippen LogP contribution >= 0.6 is 0 Å². The largest absolute Gasteiger partial charge is 0.319 e. The fourth-order valence-corrected chi connectivity index (χ4v) is 1.47. The van der Waals surface area contributed by atoms with Crippen LogP contribution in [0.2, 0.25) is 0 Å². The van der Waals surface area contributed by atoms with E-state index in [0.717, 1.165) is 12.5 Å². The van der Waals surface area contributed by atoms with Crippen molar-refractivity contribution >= 4 is 0 Å². The molecule has 0 heterocycles. The van der Waals surface area contributed by atoms with Crippen LogP contribution < -0.4 is 5.32 Å². The van der Waals surface area contributed by atoms with Crippen LogP contribution in [-0.4, -0.2) is 38.1 Å². The molecule has 2 nitrogen and oxygen atoms in total. The SMILES string of the molecule is CCC(CNC)CN(CC)CC. The van der Waals surface area contributed by atoms with Crippen molar-refractivity contribution < 1.29 is 0 Å². The Morgan fingerprint density at radius 2 is 1.75 bits per heavy atom. The van der Waals surface area contributed by atoms with Crippen molar-refractivity contribution in [1.82, 2.24) is 10.2 Å². The molecule has 0 aromatic heterocycles. The molecule has 0 rings (SSSR count). The van der Waals surface area contributed by atoms with Crippen LogP contribution in [0, 0.1) is 5.92 Å². The van der Waals surface area contributed by atoms with Crippen molar-refractivity contribution in [3.8, 4) is 0 Å². The third-order valence-corrected chi connectivity index (χ3v) is 2.48. The molecule has 0 saturated heterocycles. The Balaban J connectivity index is 3.65. The molecule has 1 unspecified atom stereocenters. The Hall–Kier alpha value is -0.0800. The smallest absolute Gasteiger partial charge is 0.00215 e. The van der Waals surface area contributed by atoms with Gasteiger partial charge in [0, 0.05) is 6.54 Å². The van der Waals surface area contributed by atoms with Gasteiger partial charge in [-0.3, -0.25) is 0 Å². The molecule has 1 atom stereocenters. The zero-order valence-electron chi connectivity index (χ0n) is 9.06. The lowest BCUT2D eigenvalue weighted by Gasteiger charge is -2.24. The van der Waals surface area contributed by atoms with Crippen molar-refractivity contribution in [2.75, 3.05) is 33.2 Å². The third kappa shape index (κ3) is 4.73. The van der Waals surface area contributed by atoms with E-state index in [2.05, 4.69) is 31.0 Å². The summed E-state index contributed by atoms with van der Waals surface area (Å²) < 4.78 is 0. The van der Waals surface area contributed by atoms with Crippen LogP contribution in [0.1, 0.15) is 27.2 Å². The second-order valence-electron chi connectivity index (χ2n) is 3.32. The first-order valence-electron chi connectivity index (χ1n) is 5.15. The molecule has 0 fully saturated rings. The molecular weight excluding hydrogens is 148 g/mol. The highest BCUT2D eigenvalue weighted by molar-refractivity contribution is 4.64. The van der Waals surface area contributed by atoms with E-state index in [1.165, 1.54) is 26.1 Å². The Morgan fingerprint density at radius 1 is 1.17 bits per heavy atom. The standard InChI is InChI=1S/C10H24N2/c1-5-10(8-11-4)9-12(6-2)7-3/h10-11H,5-9H2,1-4H3. The van der Waals surface area contributed by atoms with Gasteiger partial charge in [-0.15, -0.1) is 0 Å². The highest BCUT2D eigenvalue weighted by Gasteiger charge is 2.08. The first kappa shape index (κ1) is 11.9. The minimum absolute atomic E-state index is 0.815. The van der Waals surface area contributed by atoms with E-state index in [1.807, 2.05) is 7.05 Å². The van der Waals surface area contributed by atoms with Gasteiger partial charge in [0.2, 0.25) is 0 Å². The molecule has 0 aliphatic rings. The van der Waals surface area contributed by atoms with Crippen LogP contribution in [0.25, 0.3) is 0 Å².